The van der Waals surface area contributed by atoms with Gasteiger partial charge in [-0.15, -0.1) is 0 Å². The number of benzene rings is 1. The Morgan fingerprint density at radius 2 is 2.06 bits per heavy atom. The lowest BCUT2D eigenvalue weighted by molar-refractivity contribution is -0.135. The Kier molecular flexibility index (Phi) is 4.25. The highest BCUT2D eigenvalue weighted by molar-refractivity contribution is 5.70. The quantitative estimate of drug-likeness (QED) is 0.811. The summed E-state index contributed by atoms with van der Waals surface area (Å²) in [4.78, 5) is 12.8. The molecule has 3 nitrogen and oxygen atoms in total. The molecule has 1 saturated heterocycles. The van der Waals surface area contributed by atoms with Gasteiger partial charge in [0.05, 0.1) is 0 Å². The molecule has 18 heavy (non-hydrogen) atoms. The number of piperidine rings is 1. The molecule has 0 saturated carbocycles. The van der Waals surface area contributed by atoms with E-state index in [1.165, 1.54) is 24.9 Å². The number of carboxylic acid groups (broad SMARTS) is 1. The minimum Gasteiger partial charge on any atom is -0.481 e. The van der Waals surface area contributed by atoms with E-state index in [9.17, 15) is 4.79 Å². The Morgan fingerprint density at radius 1 is 1.28 bits per heavy atom. The van der Waals surface area contributed by atoms with E-state index in [1.807, 2.05) is 18.2 Å². The van der Waals surface area contributed by atoms with E-state index >= 15 is 0 Å². The summed E-state index contributed by atoms with van der Waals surface area (Å²) in [6.07, 6.45) is 3.70. The Balaban J connectivity index is 2.08. The van der Waals surface area contributed by atoms with Crippen molar-refractivity contribution in [2.75, 3.05) is 18.0 Å². The number of anilines is 1. The van der Waals surface area contributed by atoms with Crippen molar-refractivity contribution in [2.45, 2.75) is 25.7 Å². The zero-order valence-corrected chi connectivity index (χ0v) is 10.4. The van der Waals surface area contributed by atoms with Crippen molar-refractivity contribution in [3.63, 3.8) is 0 Å². The van der Waals surface area contributed by atoms with E-state index in [-0.39, 0.29) is 6.42 Å². The van der Waals surface area contributed by atoms with E-state index in [4.69, 9.17) is 5.11 Å². The molecule has 1 fully saturated rings. The summed E-state index contributed by atoms with van der Waals surface area (Å²) in [6, 6.07) is 8.03. The molecule has 1 heterocycles. The number of hydrogen-bond acceptors (Lipinski definition) is 2. The maximum atomic E-state index is 10.4. The fourth-order valence-corrected chi connectivity index (χ4v) is 2.15. The fourth-order valence-electron chi connectivity index (χ4n) is 2.15. The highest BCUT2D eigenvalue weighted by Crippen LogP contribution is 2.20. The highest BCUT2D eigenvalue weighted by Gasteiger charge is 2.10. The summed E-state index contributed by atoms with van der Waals surface area (Å²) in [5.74, 6) is 4.68. The molecule has 3 heteroatoms. The van der Waals surface area contributed by atoms with Crippen LogP contribution in [0.4, 0.5) is 5.69 Å². The summed E-state index contributed by atoms with van der Waals surface area (Å²) in [7, 11) is 0. The molecule has 1 aromatic carbocycles. The van der Waals surface area contributed by atoms with Crippen molar-refractivity contribution in [1.82, 2.24) is 0 Å². The second-order valence-corrected chi connectivity index (χ2v) is 4.47. The zero-order valence-electron chi connectivity index (χ0n) is 10.4. The van der Waals surface area contributed by atoms with Gasteiger partial charge in [-0.3, -0.25) is 4.79 Å². The van der Waals surface area contributed by atoms with Gasteiger partial charge in [-0.2, -0.15) is 0 Å². The van der Waals surface area contributed by atoms with Gasteiger partial charge in [0.25, 0.3) is 0 Å². The third-order valence-corrected chi connectivity index (χ3v) is 3.04. The average Bonchev–Trinajstić information content (AvgIpc) is 2.40. The van der Waals surface area contributed by atoms with Crippen molar-refractivity contribution in [3.05, 3.63) is 29.8 Å². The molecule has 1 aromatic rings. The van der Waals surface area contributed by atoms with E-state index in [2.05, 4.69) is 22.8 Å². The largest absolute Gasteiger partial charge is 0.481 e. The van der Waals surface area contributed by atoms with Crippen molar-refractivity contribution in [1.29, 1.82) is 0 Å². The van der Waals surface area contributed by atoms with Gasteiger partial charge in [0.15, 0.2) is 0 Å². The summed E-state index contributed by atoms with van der Waals surface area (Å²) in [5, 5.41) is 8.54. The lowest BCUT2D eigenvalue weighted by Crippen LogP contribution is -2.29. The van der Waals surface area contributed by atoms with E-state index < -0.39 is 5.97 Å². The van der Waals surface area contributed by atoms with Gasteiger partial charge >= 0.3 is 5.97 Å². The van der Waals surface area contributed by atoms with Gasteiger partial charge in [-0.1, -0.05) is 17.9 Å². The van der Waals surface area contributed by atoms with Crippen LogP contribution < -0.4 is 4.90 Å². The summed E-state index contributed by atoms with van der Waals surface area (Å²) < 4.78 is 0. The second kappa shape index (κ2) is 6.11. The van der Waals surface area contributed by atoms with Crippen molar-refractivity contribution in [2.24, 2.45) is 0 Å². The molecule has 2 rings (SSSR count). The normalized spacial score (nSPS) is 14.8. The van der Waals surface area contributed by atoms with Gasteiger partial charge in [0, 0.05) is 24.3 Å². The van der Waals surface area contributed by atoms with E-state index in [0.29, 0.717) is 0 Å². The monoisotopic (exact) mass is 243 g/mol. The first-order chi connectivity index (χ1) is 8.75. The molecule has 1 aliphatic heterocycles. The van der Waals surface area contributed by atoms with Crippen LogP contribution in [0.2, 0.25) is 0 Å². The topological polar surface area (TPSA) is 40.5 Å². The maximum absolute atomic E-state index is 10.4. The minimum atomic E-state index is -0.880. The maximum Gasteiger partial charge on any atom is 0.315 e. The van der Waals surface area contributed by atoms with Gasteiger partial charge in [-0.05, 0) is 37.5 Å². The molecule has 0 aliphatic carbocycles. The first-order valence-corrected chi connectivity index (χ1v) is 6.31. The van der Waals surface area contributed by atoms with E-state index in [1.54, 1.807) is 0 Å². The lowest BCUT2D eigenvalue weighted by atomic mass is 10.1. The van der Waals surface area contributed by atoms with Crippen molar-refractivity contribution < 1.29 is 9.90 Å². The van der Waals surface area contributed by atoms with Crippen LogP contribution in [-0.4, -0.2) is 24.2 Å². The van der Waals surface area contributed by atoms with Crippen LogP contribution in [0.5, 0.6) is 0 Å². The fraction of sp³-hybridized carbons (Fsp3) is 0.400. The Labute approximate surface area is 107 Å². The van der Waals surface area contributed by atoms with Crippen LogP contribution in [-0.2, 0) is 4.79 Å². The van der Waals surface area contributed by atoms with Crippen LogP contribution >= 0.6 is 0 Å². The number of rotatable bonds is 2. The van der Waals surface area contributed by atoms with Crippen LogP contribution in [0.3, 0.4) is 0 Å². The predicted molar refractivity (Wildman–Crippen MR) is 71.6 cm³/mol. The van der Waals surface area contributed by atoms with Gasteiger partial charge in [0.2, 0.25) is 0 Å². The number of carboxylic acids is 1. The first kappa shape index (κ1) is 12.5. The Bertz CT molecular complexity index is 479. The lowest BCUT2D eigenvalue weighted by Gasteiger charge is -2.28. The van der Waals surface area contributed by atoms with Gasteiger partial charge in [-0.25, -0.2) is 0 Å². The summed E-state index contributed by atoms with van der Waals surface area (Å²) >= 11 is 0. The van der Waals surface area contributed by atoms with E-state index in [0.717, 1.165) is 18.7 Å². The smallest absolute Gasteiger partial charge is 0.315 e. The second-order valence-electron chi connectivity index (χ2n) is 4.47. The summed E-state index contributed by atoms with van der Waals surface area (Å²) in [6.45, 7) is 2.21. The number of hydrogen-bond donors (Lipinski definition) is 1. The summed E-state index contributed by atoms with van der Waals surface area (Å²) in [5.41, 5.74) is 2.08. The van der Waals surface area contributed by atoms with Crippen molar-refractivity contribution in [3.8, 4) is 11.8 Å². The molecule has 0 radical (unpaired) electrons. The van der Waals surface area contributed by atoms with Gasteiger partial charge in [0.1, 0.15) is 6.42 Å². The molecule has 1 aliphatic rings. The zero-order chi connectivity index (χ0) is 12.8. The highest BCUT2D eigenvalue weighted by atomic mass is 16.4. The Morgan fingerprint density at radius 3 is 2.78 bits per heavy atom. The molecule has 0 amide bonds. The molecular formula is C15H17NO2. The van der Waals surface area contributed by atoms with Crippen LogP contribution in [0.25, 0.3) is 0 Å². The molecule has 0 spiro atoms. The van der Waals surface area contributed by atoms with Crippen LogP contribution in [0, 0.1) is 11.8 Å². The molecule has 1 N–H and O–H groups in total. The molecule has 94 valence electrons. The van der Waals surface area contributed by atoms with Crippen LogP contribution in [0.15, 0.2) is 24.3 Å². The molecule has 0 atom stereocenters. The average molecular weight is 243 g/mol. The number of nitrogens with zero attached hydrogens (tertiary/aromatic N) is 1. The number of carbonyl (C=O) groups is 1. The standard InChI is InChI=1S/C15H17NO2/c17-15(18)9-5-7-13-6-4-8-14(12-13)16-10-2-1-3-11-16/h4,6,8,12H,1-3,9-11H2,(H,17,18). The molecule has 0 bridgehead atoms. The Hall–Kier alpha value is -1.95. The predicted octanol–water partition coefficient (Wildman–Crippen LogP) is 2.50. The molecule has 0 aromatic heterocycles. The van der Waals surface area contributed by atoms with Gasteiger partial charge < -0.3 is 10.0 Å². The third kappa shape index (κ3) is 3.53. The molecule has 0 unspecified atom stereocenters. The third-order valence-electron chi connectivity index (χ3n) is 3.04. The van der Waals surface area contributed by atoms with Crippen molar-refractivity contribution >= 4 is 11.7 Å². The SMILES string of the molecule is O=C(O)CC#Cc1cccc(N2CCCCC2)c1. The molecular weight excluding hydrogens is 226 g/mol. The number of aliphatic carboxylic acids is 1. The van der Waals surface area contributed by atoms with Crippen LogP contribution in [0.1, 0.15) is 31.2 Å². The first-order valence-electron chi connectivity index (χ1n) is 6.31. The minimum absolute atomic E-state index is 0.103.